The Morgan fingerprint density at radius 1 is 0.772 bits per heavy atom. The molecule has 14 nitrogen and oxygen atoms in total. The van der Waals surface area contributed by atoms with Gasteiger partial charge >= 0.3 is 11.9 Å². The van der Waals surface area contributed by atoms with Crippen molar-refractivity contribution in [2.75, 3.05) is 62.4 Å². The lowest BCUT2D eigenvalue weighted by atomic mass is 9.94. The average molecular weight is 846 g/mol. The van der Waals surface area contributed by atoms with Gasteiger partial charge in [0.05, 0.1) is 34.6 Å². The van der Waals surface area contributed by atoms with Gasteiger partial charge in [-0.2, -0.15) is 0 Å². The molecule has 0 spiro atoms. The molecule has 0 fully saturated rings. The number of aliphatic carboxylic acids is 2. The van der Waals surface area contributed by atoms with E-state index in [9.17, 15) is 39.6 Å². The first-order valence-corrected chi connectivity index (χ1v) is 19.2. The molecule has 0 bridgehead atoms. The molecule has 4 aromatic carbocycles. The molecule has 57 heavy (non-hydrogen) atoms. The molecule has 19 heteroatoms. The smallest absolute Gasteiger partial charge is 0.323 e. The summed E-state index contributed by atoms with van der Waals surface area (Å²) < 4.78 is 43.2. The van der Waals surface area contributed by atoms with Gasteiger partial charge in [-0.1, -0.05) is 59.6 Å². The van der Waals surface area contributed by atoms with E-state index in [2.05, 4.69) is 10.6 Å². The van der Waals surface area contributed by atoms with Crippen LogP contribution in [0.3, 0.4) is 0 Å². The molecule has 300 valence electrons. The Labute approximate surface area is 336 Å². The SMILES string of the molecule is O=C(O)[C@H](CO)NCCN1C(=O)COc2cc(-c3cccc(-c4cccc(-c5cc6c(cc5F)N(CCN[C@]([SiH3])(CO)C(=O)O)C(=O)CO6)c4Cl)c3Cl)c(F)cc21. The average Bonchev–Trinajstić information content (AvgIpc) is 3.18. The Morgan fingerprint density at radius 3 is 1.61 bits per heavy atom. The lowest BCUT2D eigenvalue weighted by molar-refractivity contribution is -0.142. The zero-order valence-electron chi connectivity index (χ0n) is 30.2. The number of nitrogens with one attached hydrogen (secondary N) is 2. The van der Waals surface area contributed by atoms with Crippen LogP contribution in [0.5, 0.6) is 11.5 Å². The maximum absolute atomic E-state index is 16.0. The van der Waals surface area contributed by atoms with Gasteiger partial charge in [-0.3, -0.25) is 19.2 Å². The van der Waals surface area contributed by atoms with E-state index in [0.717, 1.165) is 12.1 Å². The van der Waals surface area contributed by atoms with Gasteiger partial charge < -0.3 is 50.3 Å². The fourth-order valence-corrected chi connectivity index (χ4v) is 7.37. The molecule has 2 aliphatic rings. The number of nitrogens with zero attached hydrogens (tertiary/aromatic N) is 2. The highest BCUT2D eigenvalue weighted by Gasteiger charge is 2.34. The number of aliphatic hydroxyl groups is 2. The largest absolute Gasteiger partial charge is 0.482 e. The normalized spacial score (nSPS) is 15.3. The van der Waals surface area contributed by atoms with E-state index in [0.29, 0.717) is 11.1 Å². The number of hydrogen-bond acceptors (Lipinski definition) is 10. The number of ether oxygens (including phenoxy) is 2. The molecule has 2 atom stereocenters. The molecule has 6 rings (SSSR count). The summed E-state index contributed by atoms with van der Waals surface area (Å²) in [5.74, 6) is -4.56. The Morgan fingerprint density at radius 2 is 1.21 bits per heavy atom. The van der Waals surface area contributed by atoms with Crippen molar-refractivity contribution in [2.45, 2.75) is 11.2 Å². The summed E-state index contributed by atoms with van der Waals surface area (Å²) in [5, 5.41) is 41.6. The number of rotatable bonds is 15. The summed E-state index contributed by atoms with van der Waals surface area (Å²) in [6.07, 6.45) is 0. The number of aliphatic hydroxyl groups excluding tert-OH is 2. The molecule has 2 amide bonds. The Kier molecular flexibility index (Phi) is 12.5. The van der Waals surface area contributed by atoms with Crippen molar-refractivity contribution < 1.29 is 57.9 Å². The fourth-order valence-electron chi connectivity index (χ4n) is 6.46. The number of carboxylic acid groups (broad SMARTS) is 2. The number of anilines is 2. The van der Waals surface area contributed by atoms with Crippen LogP contribution in [-0.2, 0) is 19.2 Å². The van der Waals surface area contributed by atoms with E-state index in [-0.39, 0.29) is 105 Å². The molecular formula is C38H36Cl2F2N4O10Si. The zero-order valence-corrected chi connectivity index (χ0v) is 33.7. The highest BCUT2D eigenvalue weighted by molar-refractivity contribution is 6.39. The Balaban J connectivity index is 1.29. The van der Waals surface area contributed by atoms with E-state index in [1.807, 2.05) is 0 Å². The summed E-state index contributed by atoms with van der Waals surface area (Å²) in [4.78, 5) is 50.9. The lowest BCUT2D eigenvalue weighted by Crippen LogP contribution is -2.57. The Hall–Kier alpha value is -5.14. The third kappa shape index (κ3) is 8.31. The highest BCUT2D eigenvalue weighted by Crippen LogP contribution is 2.46. The van der Waals surface area contributed by atoms with E-state index in [4.69, 9.17) is 32.7 Å². The minimum atomic E-state index is -1.51. The maximum Gasteiger partial charge on any atom is 0.323 e. The zero-order chi connectivity index (χ0) is 41.2. The van der Waals surface area contributed by atoms with Crippen molar-refractivity contribution in [3.05, 3.63) is 82.3 Å². The number of carbonyl (C=O) groups excluding carboxylic acids is 2. The van der Waals surface area contributed by atoms with Crippen LogP contribution < -0.4 is 29.9 Å². The second-order valence-corrected chi connectivity index (χ2v) is 15.8. The van der Waals surface area contributed by atoms with Crippen LogP contribution in [-0.4, -0.2) is 118 Å². The highest BCUT2D eigenvalue weighted by atomic mass is 35.5. The monoisotopic (exact) mass is 844 g/mol. The van der Waals surface area contributed by atoms with Crippen LogP contribution in [0.1, 0.15) is 0 Å². The van der Waals surface area contributed by atoms with Gasteiger partial charge in [0.15, 0.2) is 13.2 Å². The quantitative estimate of drug-likeness (QED) is 0.0959. The van der Waals surface area contributed by atoms with Gasteiger partial charge in [0.2, 0.25) is 0 Å². The van der Waals surface area contributed by atoms with Crippen LogP contribution >= 0.6 is 23.2 Å². The molecule has 0 aliphatic carbocycles. The molecule has 0 radical (unpaired) electrons. The number of carboxylic acids is 2. The molecular weight excluding hydrogens is 809 g/mol. The molecule has 0 saturated heterocycles. The molecule has 2 aliphatic heterocycles. The summed E-state index contributed by atoms with van der Waals surface area (Å²) >= 11 is 13.9. The standard InChI is InChI=1S/C38H36Cl2F2N4O10Si/c39-34-19(3-1-5-21(34)23-11-30-28(13-25(23)41)45(32(49)16-55-30)9-7-43-27(15-47)36(51)52)20-4-2-6-22(35(20)40)24-12-31-29(14-26(24)42)46(33(50)17-56-31)10-8-44-38(57,18-48)37(53)54/h1-6,11-14,27,43-44,47-48H,7-10,15-18H2,57H3,(H,51,52)(H,53,54)/t27-,38-/m0/s1. The number of benzene rings is 4. The van der Waals surface area contributed by atoms with Crippen molar-refractivity contribution in [1.82, 2.24) is 10.6 Å². The second-order valence-electron chi connectivity index (χ2n) is 13.4. The van der Waals surface area contributed by atoms with E-state index in [1.54, 1.807) is 36.4 Å². The minimum absolute atomic E-state index is 0.000521. The lowest BCUT2D eigenvalue weighted by Gasteiger charge is -2.31. The van der Waals surface area contributed by atoms with Gasteiger partial charge in [0.25, 0.3) is 11.8 Å². The van der Waals surface area contributed by atoms with Crippen LogP contribution in [0.15, 0.2) is 60.7 Å². The van der Waals surface area contributed by atoms with Crippen LogP contribution in [0.4, 0.5) is 20.2 Å². The van der Waals surface area contributed by atoms with E-state index in [1.165, 1.54) is 21.9 Å². The summed E-state index contributed by atoms with van der Waals surface area (Å²) in [6, 6.07) is 13.6. The van der Waals surface area contributed by atoms with Gasteiger partial charge in [-0.15, -0.1) is 0 Å². The van der Waals surface area contributed by atoms with Crippen LogP contribution in [0.25, 0.3) is 33.4 Å². The van der Waals surface area contributed by atoms with Crippen molar-refractivity contribution >= 4 is 68.6 Å². The predicted molar refractivity (Wildman–Crippen MR) is 210 cm³/mol. The first-order chi connectivity index (χ1) is 27.2. The number of carbonyl (C=O) groups is 4. The molecule has 0 saturated carbocycles. The summed E-state index contributed by atoms with van der Waals surface area (Å²) in [7, 11) is 0.0811. The topological polar surface area (TPSA) is 198 Å². The first-order valence-electron chi connectivity index (χ1n) is 17.5. The van der Waals surface area contributed by atoms with Gasteiger partial charge in [-0.05, 0) is 12.1 Å². The van der Waals surface area contributed by atoms with Crippen molar-refractivity contribution in [1.29, 1.82) is 0 Å². The second kappa shape index (κ2) is 17.1. The molecule has 0 aromatic heterocycles. The van der Waals surface area contributed by atoms with Gasteiger partial charge in [0.1, 0.15) is 34.3 Å². The number of fused-ring (bicyclic) bond motifs is 2. The third-order valence-corrected chi connectivity index (χ3v) is 11.6. The fraction of sp³-hybridized carbons (Fsp3) is 0.263. The molecule has 4 aromatic rings. The van der Waals surface area contributed by atoms with Crippen molar-refractivity contribution in [3.8, 4) is 44.9 Å². The third-order valence-electron chi connectivity index (χ3n) is 9.70. The number of hydrogen-bond donors (Lipinski definition) is 6. The predicted octanol–water partition coefficient (Wildman–Crippen LogP) is 2.49. The first kappa shape index (κ1) is 41.5. The number of amides is 2. The molecule has 2 heterocycles. The van der Waals surface area contributed by atoms with E-state index < -0.39 is 59.8 Å². The van der Waals surface area contributed by atoms with Gasteiger partial charge in [-0.25, -0.2) is 8.78 Å². The number of halogens is 4. The van der Waals surface area contributed by atoms with Crippen molar-refractivity contribution in [2.24, 2.45) is 0 Å². The molecule has 6 N–H and O–H groups in total. The maximum atomic E-state index is 16.0. The van der Waals surface area contributed by atoms with Crippen molar-refractivity contribution in [3.63, 3.8) is 0 Å². The minimum Gasteiger partial charge on any atom is -0.482 e. The van der Waals surface area contributed by atoms with E-state index >= 15 is 8.78 Å². The van der Waals surface area contributed by atoms with Crippen LogP contribution in [0, 0.1) is 11.6 Å². The Bertz CT molecular complexity index is 2270. The summed E-state index contributed by atoms with van der Waals surface area (Å²) in [5.41, 5.74) is 1.64. The summed E-state index contributed by atoms with van der Waals surface area (Å²) in [6.45, 7) is -2.08. The molecule has 0 unspecified atom stereocenters. The van der Waals surface area contributed by atoms with Crippen LogP contribution in [0.2, 0.25) is 10.0 Å². The van der Waals surface area contributed by atoms with Gasteiger partial charge in [0, 0.05) is 81.9 Å².